The maximum atomic E-state index is 4.34. The van der Waals surface area contributed by atoms with Gasteiger partial charge in [0.05, 0.1) is 12.2 Å². The van der Waals surface area contributed by atoms with E-state index in [4.69, 9.17) is 0 Å². The van der Waals surface area contributed by atoms with Gasteiger partial charge in [0.1, 0.15) is 18.0 Å². The average molecular weight is 324 g/mol. The first-order valence-electron chi connectivity index (χ1n) is 8.29. The summed E-state index contributed by atoms with van der Waals surface area (Å²) in [6.45, 7) is 3.91. The zero-order chi connectivity index (χ0) is 16.4. The zero-order valence-corrected chi connectivity index (χ0v) is 13.6. The van der Waals surface area contributed by atoms with E-state index in [0.717, 1.165) is 36.8 Å². The van der Waals surface area contributed by atoms with Gasteiger partial charge in [-0.15, -0.1) is 15.3 Å². The Labute approximate surface area is 139 Å². The van der Waals surface area contributed by atoms with E-state index in [1.54, 1.807) is 11.0 Å². The Balaban J connectivity index is 1.41. The van der Waals surface area contributed by atoms with Crippen LogP contribution in [0.15, 0.2) is 30.6 Å². The van der Waals surface area contributed by atoms with Crippen molar-refractivity contribution in [2.45, 2.75) is 45.3 Å². The van der Waals surface area contributed by atoms with Crippen LogP contribution in [0.2, 0.25) is 0 Å². The van der Waals surface area contributed by atoms with E-state index in [2.05, 4.69) is 54.7 Å². The highest BCUT2D eigenvalue weighted by atomic mass is 15.5. The summed E-state index contributed by atoms with van der Waals surface area (Å²) in [5.74, 6) is 2.15. The Bertz CT molecular complexity index is 790. The number of hydrogen-bond acceptors (Lipinski definition) is 6. The molecule has 1 atom stereocenters. The minimum atomic E-state index is 0.226. The Morgan fingerprint density at radius 3 is 2.83 bits per heavy atom. The van der Waals surface area contributed by atoms with Crippen LogP contribution in [-0.2, 0) is 19.5 Å². The second kappa shape index (κ2) is 6.48. The van der Waals surface area contributed by atoms with Crippen LogP contribution in [0.4, 0.5) is 0 Å². The van der Waals surface area contributed by atoms with E-state index in [1.165, 1.54) is 18.4 Å². The van der Waals surface area contributed by atoms with Gasteiger partial charge in [-0.3, -0.25) is 0 Å². The first kappa shape index (κ1) is 14.9. The number of rotatable bonds is 5. The largest absolute Gasteiger partial charge is 0.314 e. The van der Waals surface area contributed by atoms with Crippen molar-refractivity contribution in [3.05, 3.63) is 47.8 Å². The lowest BCUT2D eigenvalue weighted by molar-refractivity contribution is 0.484. The number of nitrogens with zero attached hydrogens (tertiary/aromatic N) is 7. The van der Waals surface area contributed by atoms with E-state index >= 15 is 0 Å². The molecule has 0 fully saturated rings. The molecule has 1 aliphatic heterocycles. The summed E-state index contributed by atoms with van der Waals surface area (Å²) in [6, 6.07) is 8.44. The molecule has 8 nitrogen and oxygen atoms in total. The molecule has 0 unspecified atom stereocenters. The van der Waals surface area contributed by atoms with E-state index in [1.807, 2.05) is 12.1 Å². The fourth-order valence-corrected chi connectivity index (χ4v) is 3.06. The molecule has 24 heavy (non-hydrogen) atoms. The summed E-state index contributed by atoms with van der Waals surface area (Å²) >= 11 is 0. The molecule has 2 aromatic heterocycles. The Morgan fingerprint density at radius 1 is 1.17 bits per heavy atom. The molecule has 0 aliphatic carbocycles. The van der Waals surface area contributed by atoms with Gasteiger partial charge in [0.15, 0.2) is 0 Å². The molecule has 1 N–H and O–H groups in total. The lowest BCUT2D eigenvalue weighted by Crippen LogP contribution is -2.22. The normalized spacial score (nSPS) is 15.2. The standard InChI is InChI=1S/C16H20N8/c1-12(13-5-7-14(8-6-13)24-11-18-21-22-24)17-10-16-20-19-15-4-2-3-9-23(15)16/h5-8,11-12,17H,2-4,9-10H2,1H3/t12-/m1/s1. The molecular weight excluding hydrogens is 304 g/mol. The molecule has 0 amide bonds. The summed E-state index contributed by atoms with van der Waals surface area (Å²) in [5.41, 5.74) is 2.16. The van der Waals surface area contributed by atoms with Gasteiger partial charge in [0.25, 0.3) is 0 Å². The van der Waals surface area contributed by atoms with Gasteiger partial charge in [0.2, 0.25) is 0 Å². The van der Waals surface area contributed by atoms with Crippen LogP contribution in [0.25, 0.3) is 5.69 Å². The molecule has 0 radical (unpaired) electrons. The van der Waals surface area contributed by atoms with Gasteiger partial charge in [-0.1, -0.05) is 12.1 Å². The zero-order valence-electron chi connectivity index (χ0n) is 13.6. The SMILES string of the molecule is C[C@@H](NCc1nnc2n1CCCC2)c1ccc(-n2cnnn2)cc1. The van der Waals surface area contributed by atoms with Crippen LogP contribution < -0.4 is 5.32 Å². The topological polar surface area (TPSA) is 86.3 Å². The Morgan fingerprint density at radius 2 is 2.04 bits per heavy atom. The summed E-state index contributed by atoms with van der Waals surface area (Å²) in [6.07, 6.45) is 5.06. The molecule has 4 rings (SSSR count). The maximum absolute atomic E-state index is 4.34. The lowest BCUT2D eigenvalue weighted by atomic mass is 10.1. The molecule has 124 valence electrons. The number of hydrogen-bond donors (Lipinski definition) is 1. The van der Waals surface area contributed by atoms with Crippen LogP contribution in [-0.4, -0.2) is 35.0 Å². The minimum absolute atomic E-state index is 0.226. The highest BCUT2D eigenvalue weighted by Crippen LogP contribution is 2.17. The molecule has 0 spiro atoms. The van der Waals surface area contributed by atoms with Crippen LogP contribution in [0, 0.1) is 0 Å². The molecule has 0 saturated heterocycles. The number of nitrogens with one attached hydrogen (secondary N) is 1. The predicted octanol–water partition coefficient (Wildman–Crippen LogP) is 1.44. The highest BCUT2D eigenvalue weighted by molar-refractivity contribution is 5.34. The van der Waals surface area contributed by atoms with E-state index in [9.17, 15) is 0 Å². The van der Waals surface area contributed by atoms with E-state index < -0.39 is 0 Å². The first-order valence-corrected chi connectivity index (χ1v) is 8.29. The molecule has 3 heterocycles. The summed E-state index contributed by atoms with van der Waals surface area (Å²) in [5, 5.41) is 23.4. The van der Waals surface area contributed by atoms with Crippen LogP contribution in [0.1, 0.15) is 43.0 Å². The van der Waals surface area contributed by atoms with Gasteiger partial charge >= 0.3 is 0 Å². The summed E-state index contributed by atoms with van der Waals surface area (Å²) < 4.78 is 3.90. The van der Waals surface area contributed by atoms with Crippen molar-refractivity contribution in [3.8, 4) is 5.69 Å². The summed E-state index contributed by atoms with van der Waals surface area (Å²) in [7, 11) is 0. The molecule has 1 aliphatic rings. The Hall–Kier alpha value is -2.61. The Kier molecular flexibility index (Phi) is 4.04. The van der Waals surface area contributed by atoms with Gasteiger partial charge in [-0.05, 0) is 47.9 Å². The van der Waals surface area contributed by atoms with Gasteiger partial charge in [-0.2, -0.15) is 0 Å². The fourth-order valence-electron chi connectivity index (χ4n) is 3.06. The van der Waals surface area contributed by atoms with Crippen molar-refractivity contribution in [3.63, 3.8) is 0 Å². The van der Waals surface area contributed by atoms with Crippen molar-refractivity contribution in [1.82, 2.24) is 40.3 Å². The number of fused-ring (bicyclic) bond motifs is 1. The van der Waals surface area contributed by atoms with Crippen LogP contribution in [0.5, 0.6) is 0 Å². The van der Waals surface area contributed by atoms with Gasteiger partial charge in [0, 0.05) is 19.0 Å². The van der Waals surface area contributed by atoms with Crippen molar-refractivity contribution in [2.75, 3.05) is 0 Å². The maximum Gasteiger partial charge on any atom is 0.147 e. The molecule has 3 aromatic rings. The van der Waals surface area contributed by atoms with Crippen LogP contribution in [0.3, 0.4) is 0 Å². The van der Waals surface area contributed by atoms with Gasteiger partial charge in [-0.25, -0.2) is 4.68 Å². The average Bonchev–Trinajstić information content (AvgIpc) is 3.30. The number of tetrazole rings is 1. The molecule has 0 saturated carbocycles. The lowest BCUT2D eigenvalue weighted by Gasteiger charge is -2.17. The monoisotopic (exact) mass is 324 g/mol. The number of aryl methyl sites for hydroxylation is 1. The molecule has 1 aromatic carbocycles. The second-order valence-electron chi connectivity index (χ2n) is 6.09. The highest BCUT2D eigenvalue weighted by Gasteiger charge is 2.16. The molecule has 0 bridgehead atoms. The fraction of sp³-hybridized carbons (Fsp3) is 0.438. The molecular formula is C16H20N8. The number of aromatic nitrogens is 7. The van der Waals surface area contributed by atoms with E-state index in [0.29, 0.717) is 0 Å². The van der Waals surface area contributed by atoms with Crippen molar-refractivity contribution in [2.24, 2.45) is 0 Å². The summed E-state index contributed by atoms with van der Waals surface area (Å²) in [4.78, 5) is 0. The van der Waals surface area contributed by atoms with Crippen molar-refractivity contribution >= 4 is 0 Å². The third-order valence-electron chi connectivity index (χ3n) is 4.51. The van der Waals surface area contributed by atoms with Crippen molar-refractivity contribution < 1.29 is 0 Å². The number of benzene rings is 1. The van der Waals surface area contributed by atoms with Crippen LogP contribution >= 0.6 is 0 Å². The minimum Gasteiger partial charge on any atom is -0.314 e. The molecule has 8 heteroatoms. The van der Waals surface area contributed by atoms with E-state index in [-0.39, 0.29) is 6.04 Å². The van der Waals surface area contributed by atoms with Crippen molar-refractivity contribution in [1.29, 1.82) is 0 Å². The third kappa shape index (κ3) is 2.92. The quantitative estimate of drug-likeness (QED) is 0.764. The third-order valence-corrected chi connectivity index (χ3v) is 4.51. The smallest absolute Gasteiger partial charge is 0.147 e. The first-order chi connectivity index (χ1) is 11.8. The second-order valence-corrected chi connectivity index (χ2v) is 6.09. The predicted molar refractivity (Wildman–Crippen MR) is 87.4 cm³/mol. The van der Waals surface area contributed by atoms with Gasteiger partial charge < -0.3 is 9.88 Å².